The second-order valence-electron chi connectivity index (χ2n) is 6.12. The lowest BCUT2D eigenvalue weighted by Crippen LogP contribution is -2.35. The van der Waals surface area contributed by atoms with Gasteiger partial charge in [0.1, 0.15) is 11.4 Å². The Kier molecular flexibility index (Phi) is 7.00. The number of hydrogen-bond donors (Lipinski definition) is 3. The van der Waals surface area contributed by atoms with E-state index in [1.54, 1.807) is 54.6 Å². The second-order valence-corrected chi connectivity index (χ2v) is 7.77. The van der Waals surface area contributed by atoms with E-state index in [0.29, 0.717) is 21.0 Å². The van der Waals surface area contributed by atoms with Crippen LogP contribution in [-0.4, -0.2) is 21.1 Å². The fourth-order valence-corrected chi connectivity index (χ4v) is 3.34. The first kappa shape index (κ1) is 21.3. The molecule has 1 unspecified atom stereocenters. The summed E-state index contributed by atoms with van der Waals surface area (Å²) in [4.78, 5) is 25.7. The van der Waals surface area contributed by atoms with Gasteiger partial charge in [-0.05, 0) is 60.2 Å². The van der Waals surface area contributed by atoms with Crippen LogP contribution in [0.25, 0.3) is 6.08 Å². The molecule has 0 aliphatic heterocycles. The van der Waals surface area contributed by atoms with Gasteiger partial charge in [0.15, 0.2) is 11.0 Å². The molecule has 0 aliphatic rings. The highest BCUT2D eigenvalue weighted by Gasteiger charge is 2.17. The van der Waals surface area contributed by atoms with Gasteiger partial charge in [0.05, 0.1) is 4.90 Å². The standard InChI is InChI=1S/C22H17ClN2O4S/c23-17-8-12-19(13-9-17)30(29)25-22(28)20(14-15-6-10-18(26)11-7-15)24-21(27)16-4-2-1-3-5-16/h1-14,26H,(H,24,27)(H,25,28)/b20-14-. The third-order valence-electron chi connectivity index (χ3n) is 3.95. The van der Waals surface area contributed by atoms with Crippen LogP contribution in [-0.2, 0) is 15.8 Å². The number of hydrogen-bond acceptors (Lipinski definition) is 4. The number of phenols is 1. The summed E-state index contributed by atoms with van der Waals surface area (Å²) in [5.74, 6) is -1.16. The Morgan fingerprint density at radius 2 is 1.53 bits per heavy atom. The molecular formula is C22H17ClN2O4S. The third kappa shape index (κ3) is 5.79. The summed E-state index contributed by atoms with van der Waals surface area (Å²) < 4.78 is 14.8. The summed E-state index contributed by atoms with van der Waals surface area (Å²) >= 11 is 5.83. The van der Waals surface area contributed by atoms with Crippen LogP contribution in [0.3, 0.4) is 0 Å². The van der Waals surface area contributed by atoms with Crippen LogP contribution in [0, 0.1) is 0 Å². The predicted octanol–water partition coefficient (Wildman–Crippen LogP) is 3.66. The Morgan fingerprint density at radius 1 is 0.900 bits per heavy atom. The van der Waals surface area contributed by atoms with Gasteiger partial charge in [-0.25, -0.2) is 4.21 Å². The van der Waals surface area contributed by atoms with Crippen LogP contribution in [0.15, 0.2) is 89.5 Å². The molecule has 1 atom stereocenters. The van der Waals surface area contributed by atoms with Gasteiger partial charge in [-0.3, -0.25) is 14.3 Å². The predicted molar refractivity (Wildman–Crippen MR) is 116 cm³/mol. The quantitative estimate of drug-likeness (QED) is 0.510. The third-order valence-corrected chi connectivity index (χ3v) is 5.27. The minimum absolute atomic E-state index is 0.0651. The Labute approximate surface area is 180 Å². The highest BCUT2D eigenvalue weighted by Crippen LogP contribution is 2.14. The lowest BCUT2D eigenvalue weighted by molar-refractivity contribution is -0.116. The summed E-state index contributed by atoms with van der Waals surface area (Å²) in [7, 11) is -1.85. The van der Waals surface area contributed by atoms with Crippen molar-refractivity contribution in [3.05, 3.63) is 101 Å². The Morgan fingerprint density at radius 3 is 2.17 bits per heavy atom. The van der Waals surface area contributed by atoms with Crippen molar-refractivity contribution in [3.63, 3.8) is 0 Å². The number of rotatable bonds is 6. The zero-order valence-electron chi connectivity index (χ0n) is 15.5. The van der Waals surface area contributed by atoms with E-state index in [0.717, 1.165) is 0 Å². The molecule has 0 aromatic heterocycles. The van der Waals surface area contributed by atoms with Crippen LogP contribution in [0.4, 0.5) is 0 Å². The SMILES string of the molecule is O=C(NS(=O)c1ccc(Cl)cc1)/C(=C/c1ccc(O)cc1)NC(=O)c1ccccc1. The Balaban J connectivity index is 1.84. The lowest BCUT2D eigenvalue weighted by Gasteiger charge is -2.11. The molecule has 6 nitrogen and oxygen atoms in total. The molecule has 3 aromatic rings. The monoisotopic (exact) mass is 440 g/mol. The molecule has 8 heteroatoms. The highest BCUT2D eigenvalue weighted by molar-refractivity contribution is 7.83. The molecule has 0 spiro atoms. The van der Waals surface area contributed by atoms with E-state index in [1.165, 1.54) is 30.3 Å². The molecule has 0 heterocycles. The number of aromatic hydroxyl groups is 1. The van der Waals surface area contributed by atoms with E-state index in [9.17, 15) is 18.9 Å². The molecule has 3 rings (SSSR count). The number of benzene rings is 3. The topological polar surface area (TPSA) is 95.5 Å². The number of nitrogens with one attached hydrogen (secondary N) is 2. The van der Waals surface area contributed by atoms with Crippen LogP contribution >= 0.6 is 11.6 Å². The van der Waals surface area contributed by atoms with Crippen molar-refractivity contribution >= 4 is 40.5 Å². The smallest absolute Gasteiger partial charge is 0.279 e. The zero-order chi connectivity index (χ0) is 21.5. The molecule has 0 radical (unpaired) electrons. The maximum absolute atomic E-state index is 12.8. The van der Waals surface area contributed by atoms with Crippen molar-refractivity contribution in [1.82, 2.24) is 10.0 Å². The summed E-state index contributed by atoms with van der Waals surface area (Å²) in [5.41, 5.74) is 0.821. The van der Waals surface area contributed by atoms with E-state index in [2.05, 4.69) is 10.0 Å². The average Bonchev–Trinajstić information content (AvgIpc) is 2.75. The van der Waals surface area contributed by atoms with Crippen LogP contribution in [0.2, 0.25) is 5.02 Å². The van der Waals surface area contributed by atoms with E-state index in [4.69, 9.17) is 11.6 Å². The molecule has 152 valence electrons. The molecule has 0 saturated carbocycles. The number of amides is 2. The summed E-state index contributed by atoms with van der Waals surface area (Å²) in [5, 5.41) is 12.5. The molecule has 0 bridgehead atoms. The van der Waals surface area contributed by atoms with Gasteiger partial charge in [-0.2, -0.15) is 0 Å². The maximum atomic E-state index is 12.8. The minimum Gasteiger partial charge on any atom is -0.508 e. The normalized spacial score (nSPS) is 12.1. The van der Waals surface area contributed by atoms with E-state index < -0.39 is 22.8 Å². The summed E-state index contributed by atoms with van der Waals surface area (Å²) in [6, 6.07) is 20.6. The molecular weight excluding hydrogens is 424 g/mol. The second kappa shape index (κ2) is 9.87. The van der Waals surface area contributed by atoms with Gasteiger partial charge < -0.3 is 10.4 Å². The van der Waals surface area contributed by atoms with Crippen LogP contribution in [0.1, 0.15) is 15.9 Å². The number of carbonyl (C=O) groups is 2. The molecule has 2 amide bonds. The van der Waals surface area contributed by atoms with Crippen molar-refractivity contribution in [2.24, 2.45) is 0 Å². The van der Waals surface area contributed by atoms with Gasteiger partial charge in [0, 0.05) is 10.6 Å². The van der Waals surface area contributed by atoms with Crippen molar-refractivity contribution in [2.45, 2.75) is 4.90 Å². The Hall–Kier alpha value is -3.42. The molecule has 0 fully saturated rings. The van der Waals surface area contributed by atoms with Crippen molar-refractivity contribution in [3.8, 4) is 5.75 Å². The van der Waals surface area contributed by atoms with Crippen molar-refractivity contribution < 1.29 is 18.9 Å². The van der Waals surface area contributed by atoms with Gasteiger partial charge in [0.2, 0.25) is 0 Å². The van der Waals surface area contributed by atoms with Crippen LogP contribution in [0.5, 0.6) is 5.75 Å². The number of halogens is 1. The average molecular weight is 441 g/mol. The highest BCUT2D eigenvalue weighted by atomic mass is 35.5. The molecule has 3 N–H and O–H groups in total. The minimum atomic E-state index is -1.85. The number of phenolic OH excluding ortho intramolecular Hbond substituents is 1. The summed E-state index contributed by atoms with van der Waals surface area (Å²) in [6.07, 6.45) is 1.43. The summed E-state index contributed by atoms with van der Waals surface area (Å²) in [6.45, 7) is 0. The lowest BCUT2D eigenvalue weighted by atomic mass is 10.1. The fraction of sp³-hybridized carbons (Fsp3) is 0. The molecule has 0 aliphatic carbocycles. The van der Waals surface area contributed by atoms with E-state index in [-0.39, 0.29) is 11.4 Å². The van der Waals surface area contributed by atoms with Gasteiger partial charge in [-0.15, -0.1) is 0 Å². The first-order chi connectivity index (χ1) is 14.4. The molecule has 30 heavy (non-hydrogen) atoms. The van der Waals surface area contributed by atoms with Gasteiger partial charge in [0.25, 0.3) is 11.8 Å². The zero-order valence-corrected chi connectivity index (χ0v) is 17.1. The maximum Gasteiger partial charge on any atom is 0.279 e. The van der Waals surface area contributed by atoms with Crippen molar-refractivity contribution in [2.75, 3.05) is 0 Å². The largest absolute Gasteiger partial charge is 0.508 e. The fourth-order valence-electron chi connectivity index (χ4n) is 2.44. The van der Waals surface area contributed by atoms with E-state index >= 15 is 0 Å². The van der Waals surface area contributed by atoms with E-state index in [1.807, 2.05) is 0 Å². The van der Waals surface area contributed by atoms with Gasteiger partial charge in [-0.1, -0.05) is 41.9 Å². The van der Waals surface area contributed by atoms with Crippen LogP contribution < -0.4 is 10.0 Å². The molecule has 3 aromatic carbocycles. The van der Waals surface area contributed by atoms with Gasteiger partial charge >= 0.3 is 0 Å². The first-order valence-corrected chi connectivity index (χ1v) is 10.3. The number of carbonyl (C=O) groups excluding carboxylic acids is 2. The van der Waals surface area contributed by atoms with Crippen molar-refractivity contribution in [1.29, 1.82) is 0 Å². The molecule has 0 saturated heterocycles. The Bertz CT molecular complexity index is 1100. The first-order valence-electron chi connectivity index (χ1n) is 8.78.